The number of benzene rings is 2. The molecule has 32 heavy (non-hydrogen) atoms. The van der Waals surface area contributed by atoms with Crippen molar-refractivity contribution in [2.24, 2.45) is 0 Å². The Morgan fingerprint density at radius 2 is 1.59 bits per heavy atom. The van der Waals surface area contributed by atoms with Gasteiger partial charge < -0.3 is 10.1 Å². The fourth-order valence-corrected chi connectivity index (χ4v) is 3.24. The first-order chi connectivity index (χ1) is 15.1. The molecule has 0 aliphatic rings. The Morgan fingerprint density at radius 1 is 1.00 bits per heavy atom. The number of carbonyl (C=O) groups excluding carboxylic acids is 2. The standard InChI is InChI=1S/C25H26BrN3O3/c1-16(29-24(31)18-5-9-19(10-6-18)25(2,3)4)13-22(30)32-21-11-7-17(8-12-21)23-27-14-20(26)15-28-23/h5-12,14-16H,13H2,1-4H3,(H,29,31). The van der Waals surface area contributed by atoms with Crippen molar-refractivity contribution < 1.29 is 14.3 Å². The third kappa shape index (κ3) is 6.47. The van der Waals surface area contributed by atoms with Gasteiger partial charge in [0.1, 0.15) is 5.75 Å². The van der Waals surface area contributed by atoms with Gasteiger partial charge >= 0.3 is 5.97 Å². The normalized spacial score (nSPS) is 12.2. The molecule has 3 rings (SSSR count). The summed E-state index contributed by atoms with van der Waals surface area (Å²) in [6.07, 6.45) is 3.40. The van der Waals surface area contributed by atoms with Crippen LogP contribution >= 0.6 is 15.9 Å². The van der Waals surface area contributed by atoms with Gasteiger partial charge in [0.2, 0.25) is 0 Å². The topological polar surface area (TPSA) is 81.2 Å². The predicted molar refractivity (Wildman–Crippen MR) is 127 cm³/mol. The van der Waals surface area contributed by atoms with Crippen molar-refractivity contribution in [3.63, 3.8) is 0 Å². The number of esters is 1. The molecular formula is C25H26BrN3O3. The van der Waals surface area contributed by atoms with Gasteiger partial charge in [-0.15, -0.1) is 0 Å². The van der Waals surface area contributed by atoms with Crippen LogP contribution in [0.15, 0.2) is 65.4 Å². The molecule has 0 fully saturated rings. The van der Waals surface area contributed by atoms with Crippen LogP contribution < -0.4 is 10.1 Å². The Morgan fingerprint density at radius 3 is 2.16 bits per heavy atom. The van der Waals surface area contributed by atoms with Crippen LogP contribution in [-0.2, 0) is 10.2 Å². The number of halogens is 1. The Balaban J connectivity index is 1.52. The van der Waals surface area contributed by atoms with E-state index in [0.717, 1.165) is 15.6 Å². The highest BCUT2D eigenvalue weighted by Crippen LogP contribution is 2.22. The number of hydrogen-bond acceptors (Lipinski definition) is 5. The van der Waals surface area contributed by atoms with Gasteiger partial charge in [-0.3, -0.25) is 9.59 Å². The van der Waals surface area contributed by atoms with Gasteiger partial charge in [-0.25, -0.2) is 9.97 Å². The van der Waals surface area contributed by atoms with Crippen molar-refractivity contribution >= 4 is 27.8 Å². The average Bonchev–Trinajstić information content (AvgIpc) is 2.74. The first kappa shape index (κ1) is 23.6. The molecule has 0 bridgehead atoms. The molecular weight excluding hydrogens is 470 g/mol. The van der Waals surface area contributed by atoms with E-state index >= 15 is 0 Å². The van der Waals surface area contributed by atoms with Gasteiger partial charge in [0.25, 0.3) is 5.91 Å². The van der Waals surface area contributed by atoms with Crippen LogP contribution in [0.25, 0.3) is 11.4 Å². The number of hydrogen-bond donors (Lipinski definition) is 1. The molecule has 7 heteroatoms. The molecule has 166 valence electrons. The first-order valence-corrected chi connectivity index (χ1v) is 11.1. The maximum atomic E-state index is 12.5. The van der Waals surface area contributed by atoms with E-state index in [9.17, 15) is 9.59 Å². The lowest BCUT2D eigenvalue weighted by atomic mass is 9.86. The lowest BCUT2D eigenvalue weighted by Gasteiger charge is -2.19. The highest BCUT2D eigenvalue weighted by molar-refractivity contribution is 9.10. The molecule has 1 heterocycles. The largest absolute Gasteiger partial charge is 0.426 e. The molecule has 1 unspecified atom stereocenters. The summed E-state index contributed by atoms with van der Waals surface area (Å²) in [5.41, 5.74) is 2.55. The van der Waals surface area contributed by atoms with Gasteiger partial charge in [0.05, 0.1) is 10.9 Å². The number of nitrogens with one attached hydrogen (secondary N) is 1. The van der Waals surface area contributed by atoms with Crippen LogP contribution in [0.3, 0.4) is 0 Å². The summed E-state index contributed by atoms with van der Waals surface area (Å²) in [5.74, 6) is 0.364. The maximum Gasteiger partial charge on any atom is 0.313 e. The van der Waals surface area contributed by atoms with Crippen molar-refractivity contribution in [2.75, 3.05) is 0 Å². The van der Waals surface area contributed by atoms with Crippen molar-refractivity contribution in [3.8, 4) is 17.1 Å². The number of aromatic nitrogens is 2. The second-order valence-corrected chi connectivity index (χ2v) is 9.54. The zero-order chi connectivity index (χ0) is 23.3. The van der Waals surface area contributed by atoms with E-state index in [0.29, 0.717) is 17.1 Å². The Labute approximate surface area is 196 Å². The summed E-state index contributed by atoms with van der Waals surface area (Å²) in [6, 6.07) is 14.1. The molecule has 3 aromatic rings. The summed E-state index contributed by atoms with van der Waals surface area (Å²) < 4.78 is 6.20. The highest BCUT2D eigenvalue weighted by Gasteiger charge is 2.17. The van der Waals surface area contributed by atoms with Gasteiger partial charge in [0.15, 0.2) is 5.82 Å². The zero-order valence-electron chi connectivity index (χ0n) is 18.6. The van der Waals surface area contributed by atoms with Crippen molar-refractivity contribution in [1.82, 2.24) is 15.3 Å². The SMILES string of the molecule is CC(CC(=O)Oc1ccc(-c2ncc(Br)cn2)cc1)NC(=O)c1ccc(C(C)(C)C)cc1. The van der Waals surface area contributed by atoms with Crippen molar-refractivity contribution in [3.05, 3.63) is 76.5 Å². The second kappa shape index (κ2) is 10.0. The third-order valence-electron chi connectivity index (χ3n) is 4.83. The first-order valence-electron chi connectivity index (χ1n) is 10.3. The smallest absolute Gasteiger partial charge is 0.313 e. The molecule has 1 N–H and O–H groups in total. The summed E-state index contributed by atoms with van der Waals surface area (Å²) in [5, 5.41) is 2.85. The minimum Gasteiger partial charge on any atom is -0.426 e. The van der Waals surface area contributed by atoms with E-state index in [-0.39, 0.29) is 23.8 Å². The molecule has 0 aliphatic heterocycles. The van der Waals surface area contributed by atoms with Crippen LogP contribution in [0.4, 0.5) is 0 Å². The van der Waals surface area contributed by atoms with E-state index in [4.69, 9.17) is 4.74 Å². The minimum atomic E-state index is -0.423. The zero-order valence-corrected chi connectivity index (χ0v) is 20.1. The Hall–Kier alpha value is -3.06. The van der Waals surface area contributed by atoms with Crippen LogP contribution in [0.5, 0.6) is 5.75 Å². The second-order valence-electron chi connectivity index (χ2n) is 8.63. The van der Waals surface area contributed by atoms with Crippen LogP contribution in [0, 0.1) is 0 Å². The molecule has 0 saturated carbocycles. The number of rotatable bonds is 6. The molecule has 1 amide bonds. The highest BCUT2D eigenvalue weighted by atomic mass is 79.9. The molecule has 0 saturated heterocycles. The van der Waals surface area contributed by atoms with Crippen LogP contribution in [0.1, 0.15) is 50.0 Å². The molecule has 2 aromatic carbocycles. The molecule has 0 aliphatic carbocycles. The monoisotopic (exact) mass is 495 g/mol. The van der Waals surface area contributed by atoms with Gasteiger partial charge in [-0.05, 0) is 70.2 Å². The van der Waals surface area contributed by atoms with Crippen LogP contribution in [-0.4, -0.2) is 27.9 Å². The molecule has 0 spiro atoms. The predicted octanol–water partition coefficient (Wildman–Crippen LogP) is 5.32. The van der Waals surface area contributed by atoms with Gasteiger partial charge in [-0.1, -0.05) is 32.9 Å². The maximum absolute atomic E-state index is 12.5. The van der Waals surface area contributed by atoms with E-state index in [1.54, 1.807) is 55.7 Å². The summed E-state index contributed by atoms with van der Waals surface area (Å²) in [4.78, 5) is 33.2. The molecule has 6 nitrogen and oxygen atoms in total. The average molecular weight is 496 g/mol. The molecule has 1 atom stereocenters. The molecule has 0 radical (unpaired) electrons. The summed E-state index contributed by atoms with van der Waals surface area (Å²) in [7, 11) is 0. The van der Waals surface area contributed by atoms with Crippen LogP contribution in [0.2, 0.25) is 0 Å². The fourth-order valence-electron chi connectivity index (χ4n) is 3.04. The minimum absolute atomic E-state index is 0.0233. The Kier molecular flexibility index (Phi) is 7.40. The lowest BCUT2D eigenvalue weighted by Crippen LogP contribution is -2.35. The van der Waals surface area contributed by atoms with E-state index in [1.165, 1.54) is 0 Å². The lowest BCUT2D eigenvalue weighted by molar-refractivity contribution is -0.134. The third-order valence-corrected chi connectivity index (χ3v) is 5.24. The van der Waals surface area contributed by atoms with Crippen molar-refractivity contribution in [1.29, 1.82) is 0 Å². The summed E-state index contributed by atoms with van der Waals surface area (Å²) >= 11 is 3.31. The van der Waals surface area contributed by atoms with E-state index in [2.05, 4.69) is 52.0 Å². The number of carbonyl (C=O) groups is 2. The number of ether oxygens (including phenoxy) is 1. The quantitative estimate of drug-likeness (QED) is 0.369. The van der Waals surface area contributed by atoms with E-state index < -0.39 is 5.97 Å². The summed E-state index contributed by atoms with van der Waals surface area (Å²) in [6.45, 7) is 8.14. The number of amides is 1. The number of nitrogens with zero attached hydrogens (tertiary/aromatic N) is 2. The fraction of sp³-hybridized carbons (Fsp3) is 0.280. The van der Waals surface area contributed by atoms with Gasteiger partial charge in [-0.2, -0.15) is 0 Å². The van der Waals surface area contributed by atoms with Crippen molar-refractivity contribution in [2.45, 2.75) is 45.6 Å². The van der Waals surface area contributed by atoms with E-state index in [1.807, 2.05) is 12.1 Å². The Bertz CT molecular complexity index is 1070. The molecule has 1 aromatic heterocycles. The van der Waals surface area contributed by atoms with Gasteiger partial charge in [0, 0.05) is 29.6 Å².